The van der Waals surface area contributed by atoms with E-state index in [1.54, 1.807) is 26.0 Å². The van der Waals surface area contributed by atoms with E-state index in [0.29, 0.717) is 44.8 Å². The molecule has 192 valence electrons. The van der Waals surface area contributed by atoms with Crippen molar-refractivity contribution in [1.29, 1.82) is 0 Å². The number of aliphatic hydroxyl groups is 1. The molecule has 12 heteroatoms. The first-order valence-corrected chi connectivity index (χ1v) is 11.0. The fourth-order valence-corrected chi connectivity index (χ4v) is 4.38. The number of rotatable bonds is 6. The Bertz CT molecular complexity index is 1660. The third kappa shape index (κ3) is 4.40. The van der Waals surface area contributed by atoms with Crippen molar-refractivity contribution < 1.29 is 36.7 Å². The Morgan fingerprint density at radius 2 is 1.86 bits per heavy atom. The molecular weight excluding hydrogens is 495 g/mol. The normalized spacial score (nSPS) is 12.0. The molecule has 0 saturated carbocycles. The average molecular weight is 515 g/mol. The summed E-state index contributed by atoms with van der Waals surface area (Å²) in [6.07, 6.45) is -4.81. The summed E-state index contributed by atoms with van der Waals surface area (Å²) in [5.74, 6) is -0.0507. The van der Waals surface area contributed by atoms with E-state index in [0.717, 1.165) is 17.7 Å². The molecule has 0 amide bonds. The number of hydrogen-bond donors (Lipinski definition) is 1. The van der Waals surface area contributed by atoms with Gasteiger partial charge >= 0.3 is 12.1 Å². The fourth-order valence-electron chi connectivity index (χ4n) is 4.38. The highest BCUT2D eigenvalue weighted by atomic mass is 19.4. The Kier molecular flexibility index (Phi) is 5.91. The second-order valence-corrected chi connectivity index (χ2v) is 8.31. The van der Waals surface area contributed by atoms with Crippen LogP contribution in [0.5, 0.6) is 11.5 Å². The molecule has 0 unspecified atom stereocenters. The maximum Gasteiger partial charge on any atom is 0.573 e. The molecule has 0 fully saturated rings. The third-order valence-electron chi connectivity index (χ3n) is 5.94. The molecule has 0 bridgehead atoms. The lowest BCUT2D eigenvalue weighted by Crippen LogP contribution is -2.17. The van der Waals surface area contributed by atoms with Gasteiger partial charge in [-0.25, -0.2) is 9.78 Å². The van der Waals surface area contributed by atoms with Crippen molar-refractivity contribution in [2.45, 2.75) is 33.4 Å². The number of aryl methyl sites for hydroxylation is 2. The Morgan fingerprint density at radius 1 is 1.14 bits per heavy atom. The van der Waals surface area contributed by atoms with Crippen LogP contribution in [-0.4, -0.2) is 33.3 Å². The summed E-state index contributed by atoms with van der Waals surface area (Å²) in [4.78, 5) is 17.4. The van der Waals surface area contributed by atoms with Gasteiger partial charge in [0.2, 0.25) is 0 Å². The Morgan fingerprint density at radius 3 is 2.46 bits per heavy atom. The van der Waals surface area contributed by atoms with Crippen LogP contribution in [0.3, 0.4) is 0 Å². The molecule has 0 atom stereocenters. The lowest BCUT2D eigenvalue weighted by atomic mass is 10.00. The summed E-state index contributed by atoms with van der Waals surface area (Å²) < 4.78 is 59.1. The van der Waals surface area contributed by atoms with E-state index in [9.17, 15) is 23.1 Å². The Labute approximate surface area is 206 Å². The van der Waals surface area contributed by atoms with E-state index >= 15 is 0 Å². The number of nitrogens with zero attached hydrogens (tertiary/aromatic N) is 3. The Balaban J connectivity index is 1.69. The molecule has 5 aromatic rings. The molecule has 0 spiro atoms. The monoisotopic (exact) mass is 515 g/mol. The van der Waals surface area contributed by atoms with Crippen molar-refractivity contribution in [1.82, 2.24) is 14.7 Å². The first kappa shape index (κ1) is 24.4. The standard InChI is InChI=1S/C25H20F3N3O6/c1-12-21(13(2)37-30-12)17-8-18-16(9-20(17)34-3)22-23(19(11-32)29-18)35-24(33)31(22)10-14-4-6-15(7-5-14)36-25(26,27)28/h4-9,32H,10-11H2,1-3H3. The van der Waals surface area contributed by atoms with Crippen LogP contribution in [0.4, 0.5) is 13.2 Å². The van der Waals surface area contributed by atoms with E-state index < -0.39 is 18.7 Å². The number of ether oxygens (including phenoxy) is 2. The van der Waals surface area contributed by atoms with Gasteiger partial charge in [-0.05, 0) is 43.7 Å². The number of aliphatic hydroxyl groups excluding tert-OH is 1. The fraction of sp³-hybridized carbons (Fsp3) is 0.240. The summed E-state index contributed by atoms with van der Waals surface area (Å²) in [5.41, 5.74) is 3.64. The molecule has 0 aliphatic heterocycles. The summed E-state index contributed by atoms with van der Waals surface area (Å²) in [6.45, 7) is 3.06. The van der Waals surface area contributed by atoms with Gasteiger partial charge in [0.15, 0.2) is 5.58 Å². The molecule has 3 heterocycles. The second-order valence-electron chi connectivity index (χ2n) is 8.31. The SMILES string of the molecule is COc1cc2c(cc1-c1c(C)noc1C)nc(CO)c1oc(=O)n(Cc3ccc(OC(F)(F)F)cc3)c12. The lowest BCUT2D eigenvalue weighted by molar-refractivity contribution is -0.274. The molecule has 3 aromatic heterocycles. The third-order valence-corrected chi connectivity index (χ3v) is 5.94. The number of oxazole rings is 1. The quantitative estimate of drug-likeness (QED) is 0.341. The van der Waals surface area contributed by atoms with Gasteiger partial charge in [-0.3, -0.25) is 4.57 Å². The van der Waals surface area contributed by atoms with Gasteiger partial charge in [0.1, 0.15) is 28.5 Å². The van der Waals surface area contributed by atoms with Gasteiger partial charge in [0.25, 0.3) is 0 Å². The molecule has 5 rings (SSSR count). The highest BCUT2D eigenvalue weighted by molar-refractivity contribution is 6.05. The molecule has 0 radical (unpaired) electrons. The van der Waals surface area contributed by atoms with E-state index in [2.05, 4.69) is 14.9 Å². The van der Waals surface area contributed by atoms with Gasteiger partial charge in [-0.1, -0.05) is 17.3 Å². The summed E-state index contributed by atoms with van der Waals surface area (Å²) >= 11 is 0. The van der Waals surface area contributed by atoms with Gasteiger partial charge in [0.05, 0.1) is 37.0 Å². The summed E-state index contributed by atoms with van der Waals surface area (Å²) in [5, 5.41) is 14.5. The minimum Gasteiger partial charge on any atom is -0.496 e. The van der Waals surface area contributed by atoms with Crippen molar-refractivity contribution in [3.8, 4) is 22.6 Å². The Hall–Kier alpha value is -4.32. The number of aromatic nitrogens is 3. The highest BCUT2D eigenvalue weighted by Crippen LogP contribution is 2.39. The van der Waals surface area contributed by atoms with Gasteiger partial charge < -0.3 is 23.5 Å². The lowest BCUT2D eigenvalue weighted by Gasteiger charge is -2.13. The van der Waals surface area contributed by atoms with E-state index in [1.165, 1.54) is 23.8 Å². The first-order chi connectivity index (χ1) is 17.6. The number of pyridine rings is 1. The largest absolute Gasteiger partial charge is 0.573 e. The van der Waals surface area contributed by atoms with Gasteiger partial charge in [-0.2, -0.15) is 0 Å². The average Bonchev–Trinajstić information content (AvgIpc) is 3.36. The van der Waals surface area contributed by atoms with Crippen molar-refractivity contribution in [2.75, 3.05) is 7.11 Å². The topological polar surface area (TPSA) is 113 Å². The molecular formula is C25H20F3N3O6. The molecule has 9 nitrogen and oxygen atoms in total. The van der Waals surface area contributed by atoms with Gasteiger partial charge in [0, 0.05) is 10.9 Å². The minimum absolute atomic E-state index is 0.0178. The minimum atomic E-state index is -4.81. The van der Waals surface area contributed by atoms with Crippen LogP contribution >= 0.6 is 0 Å². The van der Waals surface area contributed by atoms with Gasteiger partial charge in [-0.15, -0.1) is 13.2 Å². The van der Waals surface area contributed by atoms with Crippen molar-refractivity contribution in [3.05, 3.63) is 69.7 Å². The van der Waals surface area contributed by atoms with Crippen LogP contribution < -0.4 is 15.2 Å². The maximum atomic E-state index is 12.9. The zero-order valence-corrected chi connectivity index (χ0v) is 19.8. The number of halogens is 3. The van der Waals surface area contributed by atoms with Crippen LogP contribution in [0.15, 0.2) is 50.1 Å². The molecule has 0 saturated heterocycles. The zero-order valence-electron chi connectivity index (χ0n) is 19.8. The molecule has 0 aliphatic rings. The molecule has 0 aliphatic carbocycles. The number of methoxy groups -OCH3 is 1. The van der Waals surface area contributed by atoms with E-state index in [1.807, 2.05) is 0 Å². The summed E-state index contributed by atoms with van der Waals surface area (Å²) in [7, 11) is 1.50. The predicted octanol–water partition coefficient (Wildman–Crippen LogP) is 4.86. The highest BCUT2D eigenvalue weighted by Gasteiger charge is 2.31. The van der Waals surface area contributed by atoms with E-state index in [-0.39, 0.29) is 23.6 Å². The van der Waals surface area contributed by atoms with Crippen molar-refractivity contribution >= 4 is 22.0 Å². The molecule has 1 N–H and O–H groups in total. The molecule has 37 heavy (non-hydrogen) atoms. The van der Waals surface area contributed by atoms with Crippen molar-refractivity contribution in [3.63, 3.8) is 0 Å². The molecule has 2 aromatic carbocycles. The zero-order chi connectivity index (χ0) is 26.5. The summed E-state index contributed by atoms with van der Waals surface area (Å²) in [6, 6.07) is 8.61. The predicted molar refractivity (Wildman–Crippen MR) is 125 cm³/mol. The van der Waals surface area contributed by atoms with Crippen LogP contribution in [-0.2, 0) is 13.2 Å². The van der Waals surface area contributed by atoms with E-state index in [4.69, 9.17) is 13.7 Å². The number of hydrogen-bond acceptors (Lipinski definition) is 8. The van der Waals surface area contributed by atoms with Crippen molar-refractivity contribution in [2.24, 2.45) is 0 Å². The van der Waals surface area contributed by atoms with Crippen LogP contribution in [0.1, 0.15) is 22.7 Å². The number of benzene rings is 2. The second kappa shape index (κ2) is 8.96. The smallest absolute Gasteiger partial charge is 0.496 e. The van der Waals surface area contributed by atoms with Crippen LogP contribution in [0.25, 0.3) is 33.1 Å². The van der Waals surface area contributed by atoms with Crippen LogP contribution in [0.2, 0.25) is 0 Å². The number of alkyl halides is 3. The van der Waals surface area contributed by atoms with Crippen LogP contribution in [0, 0.1) is 13.8 Å². The first-order valence-electron chi connectivity index (χ1n) is 11.0. The maximum absolute atomic E-state index is 12.9. The number of fused-ring (bicyclic) bond motifs is 3.